The van der Waals surface area contributed by atoms with Crippen LogP contribution in [0.15, 0.2) is 28.6 Å². The molecule has 0 bridgehead atoms. The first-order chi connectivity index (χ1) is 4.09. The number of aliphatic hydroxyl groups excluding tert-OH is 1. The first-order valence-corrected chi connectivity index (χ1v) is 2.62. The van der Waals surface area contributed by atoms with Crippen molar-refractivity contribution in [1.29, 1.82) is 0 Å². The molecule has 0 rings (SSSR count). The van der Waals surface area contributed by atoms with E-state index in [1.807, 2.05) is 0 Å². The molecule has 0 fully saturated rings. The highest BCUT2D eigenvalue weighted by molar-refractivity contribution is 5.33. The Morgan fingerprint density at radius 2 is 1.89 bits per heavy atom. The molecule has 2 nitrogen and oxygen atoms in total. The van der Waals surface area contributed by atoms with E-state index in [-0.39, 0.29) is 5.88 Å². The molecule has 0 spiro atoms. The molecule has 1 N–H and O–H groups in total. The Hall–Kier alpha value is -1.05. The van der Waals surface area contributed by atoms with Crippen LogP contribution in [-0.2, 0) is 0 Å². The lowest BCUT2D eigenvalue weighted by Gasteiger charge is -1.97. The van der Waals surface area contributed by atoms with Crippen LogP contribution in [0.1, 0.15) is 13.8 Å². The number of nitrogens with zero attached hydrogens (tertiary/aromatic N) is 1. The third kappa shape index (κ3) is 2.13. The summed E-state index contributed by atoms with van der Waals surface area (Å²) in [5.41, 5.74) is 1.49. The molecule has 9 heavy (non-hydrogen) atoms. The molecule has 0 aliphatic heterocycles. The summed E-state index contributed by atoms with van der Waals surface area (Å²) in [7, 11) is 0. The Bertz CT molecular complexity index is 168. The molecule has 0 saturated heterocycles. The van der Waals surface area contributed by atoms with Gasteiger partial charge in [-0.15, -0.1) is 0 Å². The maximum Gasteiger partial charge on any atom is 0.213 e. The van der Waals surface area contributed by atoms with Gasteiger partial charge in [-0.05, 0) is 20.6 Å². The summed E-state index contributed by atoms with van der Waals surface area (Å²) in [5, 5.41) is 8.89. The van der Waals surface area contributed by atoms with Crippen molar-refractivity contribution < 1.29 is 5.11 Å². The van der Waals surface area contributed by atoms with Crippen molar-refractivity contribution in [2.75, 3.05) is 0 Å². The van der Waals surface area contributed by atoms with Crippen molar-refractivity contribution >= 4 is 6.72 Å². The lowest BCUT2D eigenvalue weighted by Crippen LogP contribution is -1.83. The predicted molar refractivity (Wildman–Crippen MR) is 39.7 cm³/mol. The normalized spacial score (nSPS) is 12.2. The largest absolute Gasteiger partial charge is 0.493 e. The lowest BCUT2D eigenvalue weighted by atomic mass is 10.2. The van der Waals surface area contributed by atoms with Crippen molar-refractivity contribution in [2.24, 2.45) is 4.99 Å². The van der Waals surface area contributed by atoms with E-state index in [9.17, 15) is 0 Å². The molecule has 0 aromatic carbocycles. The number of aliphatic imine (C=N–C) groups is 1. The van der Waals surface area contributed by atoms with Gasteiger partial charge in [-0.2, -0.15) is 0 Å². The molecule has 2 heteroatoms. The summed E-state index contributed by atoms with van der Waals surface area (Å²) in [6.45, 7) is 10.3. The summed E-state index contributed by atoms with van der Waals surface area (Å²) >= 11 is 0. The van der Waals surface area contributed by atoms with E-state index in [0.29, 0.717) is 5.57 Å². The van der Waals surface area contributed by atoms with Crippen LogP contribution in [0, 0.1) is 0 Å². The SMILES string of the molecule is C=N/C(O)=C(/C)C(=C)C. The van der Waals surface area contributed by atoms with Crippen molar-refractivity contribution in [1.82, 2.24) is 0 Å². The molecular formula is C7H11NO. The highest BCUT2D eigenvalue weighted by Crippen LogP contribution is 2.09. The number of aliphatic hydroxyl groups is 1. The van der Waals surface area contributed by atoms with E-state index in [4.69, 9.17) is 5.11 Å². The minimum Gasteiger partial charge on any atom is -0.493 e. The van der Waals surface area contributed by atoms with Crippen LogP contribution >= 0.6 is 0 Å². The molecule has 0 aliphatic carbocycles. The smallest absolute Gasteiger partial charge is 0.213 e. The number of allylic oxidation sites excluding steroid dienone is 2. The van der Waals surface area contributed by atoms with Gasteiger partial charge >= 0.3 is 0 Å². The van der Waals surface area contributed by atoms with Crippen molar-refractivity contribution in [3.05, 3.63) is 23.6 Å². The Morgan fingerprint density at radius 3 is 2.00 bits per heavy atom. The van der Waals surface area contributed by atoms with E-state index in [1.165, 1.54) is 0 Å². The number of rotatable bonds is 2. The highest BCUT2D eigenvalue weighted by atomic mass is 16.3. The number of hydrogen-bond acceptors (Lipinski definition) is 2. The second kappa shape index (κ2) is 3.07. The summed E-state index contributed by atoms with van der Waals surface area (Å²) in [4.78, 5) is 3.33. The summed E-state index contributed by atoms with van der Waals surface area (Å²) in [5.74, 6) is -0.0394. The lowest BCUT2D eigenvalue weighted by molar-refractivity contribution is 0.402. The van der Waals surface area contributed by atoms with Crippen LogP contribution in [-0.4, -0.2) is 11.8 Å². The van der Waals surface area contributed by atoms with Gasteiger partial charge in [0.15, 0.2) is 0 Å². The van der Waals surface area contributed by atoms with Crippen LogP contribution in [0.5, 0.6) is 0 Å². The van der Waals surface area contributed by atoms with Crippen LogP contribution in [0.3, 0.4) is 0 Å². The Kier molecular flexibility index (Phi) is 2.71. The zero-order valence-electron chi connectivity index (χ0n) is 5.81. The van der Waals surface area contributed by atoms with Crippen molar-refractivity contribution in [2.45, 2.75) is 13.8 Å². The molecule has 50 valence electrons. The highest BCUT2D eigenvalue weighted by Gasteiger charge is 1.95. The fourth-order valence-electron chi connectivity index (χ4n) is 0.309. The molecule has 0 aromatic heterocycles. The van der Waals surface area contributed by atoms with E-state index < -0.39 is 0 Å². The Morgan fingerprint density at radius 1 is 1.44 bits per heavy atom. The molecule has 0 heterocycles. The van der Waals surface area contributed by atoms with Crippen LogP contribution in [0.2, 0.25) is 0 Å². The van der Waals surface area contributed by atoms with Gasteiger partial charge in [-0.3, -0.25) is 0 Å². The first kappa shape index (κ1) is 7.95. The topological polar surface area (TPSA) is 32.6 Å². The zero-order valence-corrected chi connectivity index (χ0v) is 5.81. The summed E-state index contributed by atoms with van der Waals surface area (Å²) in [6, 6.07) is 0. The fourth-order valence-corrected chi connectivity index (χ4v) is 0.309. The minimum atomic E-state index is -0.0394. The zero-order chi connectivity index (χ0) is 7.44. The van der Waals surface area contributed by atoms with Gasteiger partial charge in [-0.25, -0.2) is 4.99 Å². The molecular weight excluding hydrogens is 114 g/mol. The quantitative estimate of drug-likeness (QED) is 0.342. The average molecular weight is 125 g/mol. The van der Waals surface area contributed by atoms with E-state index in [0.717, 1.165) is 5.57 Å². The maximum atomic E-state index is 8.89. The molecule has 0 radical (unpaired) electrons. The fraction of sp³-hybridized carbons (Fsp3) is 0.286. The second-order valence-electron chi connectivity index (χ2n) is 1.89. The minimum absolute atomic E-state index is 0.0394. The second-order valence-corrected chi connectivity index (χ2v) is 1.89. The van der Waals surface area contributed by atoms with Crippen molar-refractivity contribution in [3.8, 4) is 0 Å². The summed E-state index contributed by atoms with van der Waals surface area (Å²) in [6.07, 6.45) is 0. The third-order valence-corrected chi connectivity index (χ3v) is 1.13. The van der Waals surface area contributed by atoms with E-state index >= 15 is 0 Å². The first-order valence-electron chi connectivity index (χ1n) is 2.62. The van der Waals surface area contributed by atoms with Gasteiger partial charge < -0.3 is 5.11 Å². The molecule has 0 unspecified atom stereocenters. The van der Waals surface area contributed by atoms with Crippen LogP contribution in [0.25, 0.3) is 0 Å². The van der Waals surface area contributed by atoms with Gasteiger partial charge in [-0.1, -0.05) is 12.2 Å². The van der Waals surface area contributed by atoms with E-state index in [1.54, 1.807) is 13.8 Å². The standard InChI is InChI=1S/C7H11NO/c1-5(2)6(3)7(9)8-4/h9H,1,4H2,2-3H3/b7-6+. The maximum absolute atomic E-state index is 8.89. The molecule has 0 amide bonds. The Balaban J connectivity index is 4.47. The van der Waals surface area contributed by atoms with Crippen molar-refractivity contribution in [3.63, 3.8) is 0 Å². The Labute approximate surface area is 55.2 Å². The third-order valence-electron chi connectivity index (χ3n) is 1.13. The molecule has 0 aromatic rings. The molecule has 0 aliphatic rings. The molecule has 0 atom stereocenters. The predicted octanol–water partition coefficient (Wildman–Crippen LogP) is 2.05. The monoisotopic (exact) mass is 125 g/mol. The van der Waals surface area contributed by atoms with Gasteiger partial charge in [0.05, 0.1) is 0 Å². The van der Waals surface area contributed by atoms with Gasteiger partial charge in [0, 0.05) is 5.57 Å². The van der Waals surface area contributed by atoms with Crippen LogP contribution < -0.4 is 0 Å². The van der Waals surface area contributed by atoms with Crippen LogP contribution in [0.4, 0.5) is 0 Å². The van der Waals surface area contributed by atoms with Gasteiger partial charge in [0.1, 0.15) is 0 Å². The van der Waals surface area contributed by atoms with Gasteiger partial charge in [0.2, 0.25) is 5.88 Å². The summed E-state index contributed by atoms with van der Waals surface area (Å²) < 4.78 is 0. The number of hydrogen-bond donors (Lipinski definition) is 1. The van der Waals surface area contributed by atoms with Gasteiger partial charge in [0.25, 0.3) is 0 Å². The van der Waals surface area contributed by atoms with E-state index in [2.05, 4.69) is 18.3 Å². The average Bonchev–Trinajstić information content (AvgIpc) is 1.84. The molecule has 0 saturated carbocycles.